The van der Waals surface area contributed by atoms with Gasteiger partial charge in [-0.05, 0) is 79.6 Å². The molecule has 0 bridgehead atoms. The maximum absolute atomic E-state index is 3.76. The maximum atomic E-state index is 3.76. The van der Waals surface area contributed by atoms with Crippen LogP contribution in [0.3, 0.4) is 0 Å². The number of nitrogens with zero attached hydrogens (tertiary/aromatic N) is 1. The van der Waals surface area contributed by atoms with E-state index in [2.05, 4.69) is 57.7 Å². The zero-order valence-electron chi connectivity index (χ0n) is 12.2. The summed E-state index contributed by atoms with van der Waals surface area (Å²) in [6, 6.07) is 0.395. The molecule has 2 rings (SSSR count). The summed E-state index contributed by atoms with van der Waals surface area (Å²) in [5.41, 5.74) is 1.57. The predicted octanol–water partition coefficient (Wildman–Crippen LogP) is 4.43. The van der Waals surface area contributed by atoms with E-state index in [0.717, 1.165) is 6.54 Å². The summed E-state index contributed by atoms with van der Waals surface area (Å²) in [7, 11) is 0. The molecule has 0 amide bonds. The highest BCUT2D eigenvalue weighted by atomic mass is 79.9. The minimum atomic E-state index is 0.162. The summed E-state index contributed by atoms with van der Waals surface area (Å²) >= 11 is 5.49. The molecule has 19 heavy (non-hydrogen) atoms. The fourth-order valence-electron chi connectivity index (χ4n) is 3.00. The van der Waals surface area contributed by atoms with E-state index in [1.54, 1.807) is 11.3 Å². The van der Waals surface area contributed by atoms with E-state index in [4.69, 9.17) is 0 Å². The van der Waals surface area contributed by atoms with Crippen LogP contribution in [0, 0.1) is 0 Å². The molecule has 1 aromatic rings. The van der Waals surface area contributed by atoms with Crippen LogP contribution in [0.25, 0.3) is 0 Å². The fraction of sp³-hybridized carbons (Fsp3) is 0.733. The van der Waals surface area contributed by atoms with Gasteiger partial charge in [0.25, 0.3) is 0 Å². The molecular formula is C15H25BrN2S. The average Bonchev–Trinajstić information content (AvgIpc) is 3.01. The Morgan fingerprint density at radius 3 is 2.58 bits per heavy atom. The first-order valence-corrected chi connectivity index (χ1v) is 9.01. The van der Waals surface area contributed by atoms with Gasteiger partial charge >= 0.3 is 0 Å². The Morgan fingerprint density at radius 2 is 2.05 bits per heavy atom. The van der Waals surface area contributed by atoms with Gasteiger partial charge in [-0.3, -0.25) is 4.90 Å². The van der Waals surface area contributed by atoms with Crippen LogP contribution in [-0.2, 0) is 0 Å². The molecule has 1 fully saturated rings. The molecule has 1 aliphatic heterocycles. The number of rotatable bonds is 6. The molecule has 1 aromatic heterocycles. The normalized spacial score (nSPS) is 18.9. The molecular weight excluding hydrogens is 320 g/mol. The molecule has 2 heterocycles. The van der Waals surface area contributed by atoms with E-state index in [9.17, 15) is 0 Å². The standard InChI is InChI=1S/C15H25BrN2S/c1-4-7-17-14(12-10-19-11-13(12)16)15(2,3)18-8-5-6-9-18/h10-11,14,17H,4-9H2,1-3H3. The lowest BCUT2D eigenvalue weighted by Crippen LogP contribution is -2.51. The highest BCUT2D eigenvalue weighted by Crippen LogP contribution is 2.38. The van der Waals surface area contributed by atoms with Gasteiger partial charge in [0.15, 0.2) is 0 Å². The van der Waals surface area contributed by atoms with Crippen LogP contribution < -0.4 is 5.32 Å². The van der Waals surface area contributed by atoms with Crippen LogP contribution >= 0.6 is 27.3 Å². The summed E-state index contributed by atoms with van der Waals surface area (Å²) in [5.74, 6) is 0. The van der Waals surface area contributed by atoms with E-state index in [0.29, 0.717) is 6.04 Å². The highest BCUT2D eigenvalue weighted by molar-refractivity contribution is 9.10. The molecule has 0 aromatic carbocycles. The molecule has 1 unspecified atom stereocenters. The first kappa shape index (κ1) is 15.5. The van der Waals surface area contributed by atoms with Crippen LogP contribution in [0.2, 0.25) is 0 Å². The van der Waals surface area contributed by atoms with Gasteiger partial charge in [0.1, 0.15) is 0 Å². The van der Waals surface area contributed by atoms with E-state index < -0.39 is 0 Å². The Kier molecular flexibility index (Phi) is 5.46. The number of halogens is 1. The molecule has 0 aliphatic carbocycles. The SMILES string of the molecule is CCCNC(c1cscc1Br)C(C)(C)N1CCCC1. The van der Waals surface area contributed by atoms with Crippen molar-refractivity contribution in [2.45, 2.75) is 51.6 Å². The molecule has 1 aliphatic rings. The van der Waals surface area contributed by atoms with Crippen molar-refractivity contribution in [2.24, 2.45) is 0 Å². The number of hydrogen-bond donors (Lipinski definition) is 1. The molecule has 1 N–H and O–H groups in total. The number of thiophene rings is 1. The molecule has 1 atom stereocenters. The van der Waals surface area contributed by atoms with Crippen molar-refractivity contribution < 1.29 is 0 Å². The number of hydrogen-bond acceptors (Lipinski definition) is 3. The molecule has 1 saturated heterocycles. The van der Waals surface area contributed by atoms with Gasteiger partial charge in [0, 0.05) is 15.4 Å². The fourth-order valence-corrected chi connectivity index (χ4v) is 4.55. The van der Waals surface area contributed by atoms with Crippen molar-refractivity contribution in [1.82, 2.24) is 10.2 Å². The van der Waals surface area contributed by atoms with Crippen molar-refractivity contribution in [3.05, 3.63) is 20.8 Å². The second-order valence-electron chi connectivity index (χ2n) is 5.91. The molecule has 0 saturated carbocycles. The lowest BCUT2D eigenvalue weighted by atomic mass is 9.88. The molecule has 108 valence electrons. The Morgan fingerprint density at radius 1 is 1.37 bits per heavy atom. The lowest BCUT2D eigenvalue weighted by Gasteiger charge is -2.42. The van der Waals surface area contributed by atoms with E-state index in [-0.39, 0.29) is 5.54 Å². The summed E-state index contributed by atoms with van der Waals surface area (Å²) in [4.78, 5) is 2.64. The van der Waals surface area contributed by atoms with Crippen molar-refractivity contribution in [2.75, 3.05) is 19.6 Å². The average molecular weight is 345 g/mol. The molecule has 2 nitrogen and oxygen atoms in total. The largest absolute Gasteiger partial charge is 0.308 e. The highest BCUT2D eigenvalue weighted by Gasteiger charge is 2.38. The van der Waals surface area contributed by atoms with Gasteiger partial charge in [-0.2, -0.15) is 11.3 Å². The minimum absolute atomic E-state index is 0.162. The van der Waals surface area contributed by atoms with E-state index in [1.165, 1.54) is 42.4 Å². The Bertz CT molecular complexity index is 397. The number of nitrogens with one attached hydrogen (secondary N) is 1. The second kappa shape index (κ2) is 6.70. The van der Waals surface area contributed by atoms with Crippen molar-refractivity contribution in [3.8, 4) is 0 Å². The van der Waals surface area contributed by atoms with Gasteiger partial charge in [-0.15, -0.1) is 0 Å². The van der Waals surface area contributed by atoms with E-state index >= 15 is 0 Å². The first-order chi connectivity index (χ1) is 9.07. The van der Waals surface area contributed by atoms with Crippen LogP contribution in [0.15, 0.2) is 15.2 Å². The molecule has 0 spiro atoms. The third kappa shape index (κ3) is 3.41. The predicted molar refractivity (Wildman–Crippen MR) is 87.9 cm³/mol. The van der Waals surface area contributed by atoms with Gasteiger partial charge in [0.05, 0.1) is 6.04 Å². The quantitative estimate of drug-likeness (QED) is 0.821. The monoisotopic (exact) mass is 344 g/mol. The molecule has 0 radical (unpaired) electrons. The number of likely N-dealkylation sites (tertiary alicyclic amines) is 1. The van der Waals surface area contributed by atoms with Crippen LogP contribution in [0.1, 0.15) is 51.6 Å². The summed E-state index contributed by atoms with van der Waals surface area (Å²) in [5, 5.41) is 8.24. The van der Waals surface area contributed by atoms with Gasteiger partial charge in [0.2, 0.25) is 0 Å². The third-order valence-corrected chi connectivity index (χ3v) is 5.93. The maximum Gasteiger partial charge on any atom is 0.0521 e. The minimum Gasteiger partial charge on any atom is -0.308 e. The summed E-state index contributed by atoms with van der Waals surface area (Å²) in [6.45, 7) is 10.5. The van der Waals surface area contributed by atoms with Crippen LogP contribution in [0.5, 0.6) is 0 Å². The van der Waals surface area contributed by atoms with Gasteiger partial charge in [-0.25, -0.2) is 0 Å². The third-order valence-electron chi connectivity index (χ3n) is 4.18. The van der Waals surface area contributed by atoms with Gasteiger partial charge in [-0.1, -0.05) is 6.92 Å². The van der Waals surface area contributed by atoms with Gasteiger partial charge < -0.3 is 5.32 Å². The van der Waals surface area contributed by atoms with Crippen LogP contribution in [0.4, 0.5) is 0 Å². The Balaban J connectivity index is 2.23. The Hall–Kier alpha value is 0.1000. The summed E-state index contributed by atoms with van der Waals surface area (Å²) in [6.07, 6.45) is 3.86. The second-order valence-corrected chi connectivity index (χ2v) is 7.51. The van der Waals surface area contributed by atoms with Crippen molar-refractivity contribution >= 4 is 27.3 Å². The lowest BCUT2D eigenvalue weighted by molar-refractivity contribution is 0.107. The molecule has 4 heteroatoms. The Labute approximate surface area is 129 Å². The first-order valence-electron chi connectivity index (χ1n) is 7.27. The zero-order valence-corrected chi connectivity index (χ0v) is 14.6. The topological polar surface area (TPSA) is 15.3 Å². The van der Waals surface area contributed by atoms with Crippen molar-refractivity contribution in [3.63, 3.8) is 0 Å². The zero-order chi connectivity index (χ0) is 13.9. The van der Waals surface area contributed by atoms with Crippen LogP contribution in [-0.4, -0.2) is 30.1 Å². The smallest absolute Gasteiger partial charge is 0.0521 e. The van der Waals surface area contributed by atoms with E-state index in [1.807, 2.05) is 0 Å². The van der Waals surface area contributed by atoms with Crippen molar-refractivity contribution in [1.29, 1.82) is 0 Å². The summed E-state index contributed by atoms with van der Waals surface area (Å²) < 4.78 is 1.25.